The van der Waals surface area contributed by atoms with Crippen LogP contribution in [0.15, 0.2) is 29.1 Å². The zero-order valence-electron chi connectivity index (χ0n) is 16.0. The van der Waals surface area contributed by atoms with Crippen LogP contribution in [0.25, 0.3) is 10.2 Å². The van der Waals surface area contributed by atoms with Gasteiger partial charge in [-0.15, -0.1) is 11.3 Å². The van der Waals surface area contributed by atoms with Crippen molar-refractivity contribution < 1.29 is 13.9 Å². The van der Waals surface area contributed by atoms with Gasteiger partial charge in [0, 0.05) is 19.7 Å². The van der Waals surface area contributed by atoms with E-state index in [1.54, 1.807) is 13.4 Å². The molecule has 0 saturated carbocycles. The third kappa shape index (κ3) is 4.12. The second-order valence-electron chi connectivity index (χ2n) is 6.48. The van der Waals surface area contributed by atoms with Crippen LogP contribution in [0.2, 0.25) is 0 Å². The van der Waals surface area contributed by atoms with Gasteiger partial charge in [-0.05, 0) is 38.5 Å². The maximum Gasteiger partial charge on any atom is 0.264 e. The molecular formula is C19H24N4O3S. The first kappa shape index (κ1) is 19.3. The molecule has 0 fully saturated rings. The number of aromatic nitrogens is 2. The lowest BCUT2D eigenvalue weighted by Crippen LogP contribution is -2.39. The number of nitrogens with one attached hydrogen (secondary N) is 1. The first-order valence-electron chi connectivity index (χ1n) is 8.83. The predicted molar refractivity (Wildman–Crippen MR) is 106 cm³/mol. The highest BCUT2D eigenvalue weighted by Crippen LogP contribution is 2.34. The van der Waals surface area contributed by atoms with Gasteiger partial charge in [0.15, 0.2) is 0 Å². The van der Waals surface area contributed by atoms with Crippen molar-refractivity contribution in [1.29, 1.82) is 0 Å². The number of anilines is 1. The number of furan rings is 1. The Morgan fingerprint density at radius 2 is 2.22 bits per heavy atom. The summed E-state index contributed by atoms with van der Waals surface area (Å²) in [4.78, 5) is 25.2. The molecule has 0 atom stereocenters. The van der Waals surface area contributed by atoms with Crippen LogP contribution in [-0.2, 0) is 11.3 Å². The molecule has 8 heteroatoms. The first-order chi connectivity index (χ1) is 13.0. The molecule has 0 radical (unpaired) electrons. The lowest BCUT2D eigenvalue weighted by atomic mass is 10.1. The van der Waals surface area contributed by atoms with E-state index >= 15 is 0 Å². The van der Waals surface area contributed by atoms with E-state index in [4.69, 9.17) is 9.15 Å². The van der Waals surface area contributed by atoms with Gasteiger partial charge in [0.25, 0.3) is 5.91 Å². The topological polar surface area (TPSA) is 80.5 Å². The third-order valence-corrected chi connectivity index (χ3v) is 5.54. The largest absolute Gasteiger partial charge is 0.467 e. The summed E-state index contributed by atoms with van der Waals surface area (Å²) in [6.07, 6.45) is 3.15. The Morgan fingerprint density at radius 3 is 2.89 bits per heavy atom. The normalized spacial score (nSPS) is 11.3. The molecule has 0 aliphatic carbocycles. The number of fused-ring (bicyclic) bond motifs is 1. The van der Waals surface area contributed by atoms with E-state index in [9.17, 15) is 4.79 Å². The quantitative estimate of drug-likeness (QED) is 0.634. The molecule has 3 rings (SSSR count). The summed E-state index contributed by atoms with van der Waals surface area (Å²) in [5, 5.41) is 4.17. The van der Waals surface area contributed by atoms with Crippen LogP contribution in [0, 0.1) is 6.92 Å². The molecule has 0 spiro atoms. The van der Waals surface area contributed by atoms with Gasteiger partial charge in [0.2, 0.25) is 0 Å². The average Bonchev–Trinajstić information content (AvgIpc) is 3.28. The Balaban J connectivity index is 1.92. The van der Waals surface area contributed by atoms with Crippen molar-refractivity contribution in [2.45, 2.75) is 33.4 Å². The van der Waals surface area contributed by atoms with E-state index in [0.717, 1.165) is 21.5 Å². The molecule has 144 valence electrons. The minimum atomic E-state index is -0.000431. The van der Waals surface area contributed by atoms with Gasteiger partial charge >= 0.3 is 0 Å². The number of amides is 1. The number of hydrogen-bond donors (Lipinski definition) is 1. The molecule has 3 aromatic heterocycles. The Morgan fingerprint density at radius 1 is 1.41 bits per heavy atom. The maximum atomic E-state index is 13.1. The van der Waals surface area contributed by atoms with Crippen molar-refractivity contribution in [2.75, 3.05) is 25.6 Å². The number of thiophene rings is 1. The van der Waals surface area contributed by atoms with Gasteiger partial charge < -0.3 is 19.4 Å². The number of hydrogen-bond acceptors (Lipinski definition) is 7. The van der Waals surface area contributed by atoms with Crippen molar-refractivity contribution >= 4 is 33.3 Å². The maximum absolute atomic E-state index is 13.1. The molecule has 0 aliphatic rings. The molecule has 3 heterocycles. The SMILES string of the molecule is COCCN(C(=O)c1sc2ncnc(NCc3ccco3)c2c1C)C(C)C. The van der Waals surface area contributed by atoms with Crippen LogP contribution in [0.5, 0.6) is 0 Å². The van der Waals surface area contributed by atoms with E-state index in [2.05, 4.69) is 15.3 Å². The van der Waals surface area contributed by atoms with Crippen molar-refractivity contribution in [1.82, 2.24) is 14.9 Å². The fourth-order valence-electron chi connectivity index (χ4n) is 2.91. The monoisotopic (exact) mass is 388 g/mol. The summed E-state index contributed by atoms with van der Waals surface area (Å²) in [6, 6.07) is 3.83. The third-order valence-electron chi connectivity index (χ3n) is 4.35. The lowest BCUT2D eigenvalue weighted by molar-refractivity contribution is 0.0639. The van der Waals surface area contributed by atoms with Crippen LogP contribution in [0.4, 0.5) is 5.82 Å². The van der Waals surface area contributed by atoms with E-state index in [1.165, 1.54) is 17.7 Å². The molecule has 1 amide bonds. The Kier molecular flexibility index (Phi) is 6.08. The van der Waals surface area contributed by atoms with Crippen LogP contribution < -0.4 is 5.32 Å². The predicted octanol–water partition coefficient (Wildman–Crippen LogP) is 3.70. The number of carbonyl (C=O) groups is 1. The van der Waals surface area contributed by atoms with Gasteiger partial charge in [0.05, 0.1) is 29.7 Å². The summed E-state index contributed by atoms with van der Waals surface area (Å²) < 4.78 is 10.5. The number of aryl methyl sites for hydroxylation is 1. The molecule has 0 unspecified atom stereocenters. The summed E-state index contributed by atoms with van der Waals surface area (Å²) in [5.41, 5.74) is 0.894. The molecule has 0 bridgehead atoms. The highest BCUT2D eigenvalue weighted by molar-refractivity contribution is 7.20. The summed E-state index contributed by atoms with van der Waals surface area (Å²) in [6.45, 7) is 7.53. The number of ether oxygens (including phenoxy) is 1. The highest BCUT2D eigenvalue weighted by atomic mass is 32.1. The Bertz CT molecular complexity index is 905. The molecule has 0 aromatic carbocycles. The zero-order chi connectivity index (χ0) is 19.4. The number of nitrogens with zero attached hydrogens (tertiary/aromatic N) is 3. The molecule has 1 N–H and O–H groups in total. The van der Waals surface area contributed by atoms with E-state index < -0.39 is 0 Å². The number of methoxy groups -OCH3 is 1. The van der Waals surface area contributed by atoms with E-state index in [-0.39, 0.29) is 11.9 Å². The van der Waals surface area contributed by atoms with Gasteiger partial charge in [-0.3, -0.25) is 4.79 Å². The molecule has 7 nitrogen and oxygen atoms in total. The van der Waals surface area contributed by atoms with Crippen LogP contribution in [0.3, 0.4) is 0 Å². The van der Waals surface area contributed by atoms with Gasteiger partial charge in [-0.2, -0.15) is 0 Å². The van der Waals surface area contributed by atoms with Crippen molar-refractivity contribution in [2.24, 2.45) is 0 Å². The Labute approximate surface area is 162 Å². The van der Waals surface area contributed by atoms with E-state index in [0.29, 0.717) is 30.4 Å². The van der Waals surface area contributed by atoms with Crippen LogP contribution >= 0.6 is 11.3 Å². The summed E-state index contributed by atoms with van der Waals surface area (Å²) in [5.74, 6) is 1.52. The minimum Gasteiger partial charge on any atom is -0.467 e. The van der Waals surface area contributed by atoms with Crippen molar-refractivity contribution in [3.05, 3.63) is 40.9 Å². The number of rotatable bonds is 8. The standard InChI is InChI=1S/C19H24N4O3S/c1-12(2)23(7-9-25-4)19(24)16-13(3)15-17(21-11-22-18(15)27-16)20-10-14-6-5-8-26-14/h5-6,8,11-12H,7,9-10H2,1-4H3,(H,20,21,22). The molecule has 0 aliphatic heterocycles. The van der Waals surface area contributed by atoms with Crippen molar-refractivity contribution in [3.8, 4) is 0 Å². The highest BCUT2D eigenvalue weighted by Gasteiger charge is 2.25. The van der Waals surface area contributed by atoms with Gasteiger partial charge in [-0.1, -0.05) is 0 Å². The molecule has 27 heavy (non-hydrogen) atoms. The average molecular weight is 388 g/mol. The summed E-state index contributed by atoms with van der Waals surface area (Å²) >= 11 is 1.40. The number of carbonyl (C=O) groups excluding carboxylic acids is 1. The fourth-order valence-corrected chi connectivity index (χ4v) is 4.01. The smallest absolute Gasteiger partial charge is 0.264 e. The lowest BCUT2D eigenvalue weighted by Gasteiger charge is -2.26. The Hall–Kier alpha value is -2.45. The van der Waals surface area contributed by atoms with E-state index in [1.807, 2.05) is 37.8 Å². The second kappa shape index (κ2) is 8.49. The molecule has 0 saturated heterocycles. The molecule has 3 aromatic rings. The van der Waals surface area contributed by atoms with Gasteiger partial charge in [-0.25, -0.2) is 9.97 Å². The van der Waals surface area contributed by atoms with Crippen molar-refractivity contribution in [3.63, 3.8) is 0 Å². The van der Waals surface area contributed by atoms with Crippen LogP contribution in [0.1, 0.15) is 34.8 Å². The fraction of sp³-hybridized carbons (Fsp3) is 0.421. The van der Waals surface area contributed by atoms with Gasteiger partial charge in [0.1, 0.15) is 22.7 Å². The van der Waals surface area contributed by atoms with Crippen LogP contribution in [-0.4, -0.2) is 47.1 Å². The second-order valence-corrected chi connectivity index (χ2v) is 7.48. The molecular weight excluding hydrogens is 364 g/mol. The summed E-state index contributed by atoms with van der Waals surface area (Å²) in [7, 11) is 1.64. The zero-order valence-corrected chi connectivity index (χ0v) is 16.8. The minimum absolute atomic E-state index is 0.000431. The first-order valence-corrected chi connectivity index (χ1v) is 9.64.